The minimum Gasteiger partial charge on any atom is -0.497 e. The summed E-state index contributed by atoms with van der Waals surface area (Å²) in [5.41, 5.74) is 0.844. The molecule has 19 heavy (non-hydrogen) atoms. The van der Waals surface area contributed by atoms with E-state index in [1.165, 1.54) is 6.92 Å². The first-order valence-electron chi connectivity index (χ1n) is 6.11. The number of carbonyl (C=O) groups excluding carboxylic acids is 1. The van der Waals surface area contributed by atoms with Crippen molar-refractivity contribution in [3.8, 4) is 11.8 Å². The van der Waals surface area contributed by atoms with Gasteiger partial charge in [-0.3, -0.25) is 10.1 Å². The highest BCUT2D eigenvalue weighted by molar-refractivity contribution is 5.73. The zero-order chi connectivity index (χ0) is 14.3. The van der Waals surface area contributed by atoms with Crippen molar-refractivity contribution in [1.82, 2.24) is 10.6 Å². The minimum atomic E-state index is -0.425. The van der Waals surface area contributed by atoms with Crippen LogP contribution in [0.5, 0.6) is 5.75 Å². The predicted molar refractivity (Wildman–Crippen MR) is 72.6 cm³/mol. The van der Waals surface area contributed by atoms with Crippen molar-refractivity contribution in [2.45, 2.75) is 25.9 Å². The fourth-order valence-electron chi connectivity index (χ4n) is 1.75. The van der Waals surface area contributed by atoms with Gasteiger partial charge in [0, 0.05) is 19.5 Å². The minimum absolute atomic E-state index is 0.0287. The zero-order valence-corrected chi connectivity index (χ0v) is 11.4. The van der Waals surface area contributed by atoms with Crippen molar-refractivity contribution in [2.24, 2.45) is 0 Å². The molecule has 0 heterocycles. The third kappa shape index (κ3) is 4.98. The summed E-state index contributed by atoms with van der Waals surface area (Å²) in [7, 11) is 1.59. The van der Waals surface area contributed by atoms with Gasteiger partial charge in [-0.05, 0) is 24.6 Å². The van der Waals surface area contributed by atoms with E-state index >= 15 is 0 Å². The van der Waals surface area contributed by atoms with Gasteiger partial charge in [0.1, 0.15) is 11.8 Å². The Morgan fingerprint density at radius 1 is 1.53 bits per heavy atom. The number of benzene rings is 1. The van der Waals surface area contributed by atoms with Crippen molar-refractivity contribution in [3.63, 3.8) is 0 Å². The summed E-state index contributed by atoms with van der Waals surface area (Å²) < 4.78 is 5.13. The molecule has 0 fully saturated rings. The van der Waals surface area contributed by atoms with Gasteiger partial charge in [-0.25, -0.2) is 0 Å². The van der Waals surface area contributed by atoms with Crippen LogP contribution >= 0.6 is 0 Å². The third-order valence-corrected chi connectivity index (χ3v) is 2.63. The van der Waals surface area contributed by atoms with Crippen molar-refractivity contribution in [2.75, 3.05) is 13.7 Å². The smallest absolute Gasteiger partial charge is 0.217 e. The Labute approximate surface area is 113 Å². The molecule has 2 atom stereocenters. The van der Waals surface area contributed by atoms with Crippen LogP contribution in [0.3, 0.4) is 0 Å². The van der Waals surface area contributed by atoms with E-state index in [0.29, 0.717) is 6.54 Å². The summed E-state index contributed by atoms with van der Waals surface area (Å²) in [4.78, 5) is 10.9. The van der Waals surface area contributed by atoms with Crippen molar-refractivity contribution in [1.29, 1.82) is 5.26 Å². The number of methoxy groups -OCH3 is 1. The number of nitrogens with one attached hydrogen (secondary N) is 2. The molecule has 0 saturated heterocycles. The maximum atomic E-state index is 10.9. The Kier molecular flexibility index (Phi) is 5.83. The lowest BCUT2D eigenvalue weighted by Gasteiger charge is -2.17. The van der Waals surface area contributed by atoms with Crippen LogP contribution in [0.1, 0.15) is 25.5 Å². The second-order valence-corrected chi connectivity index (χ2v) is 4.35. The molecule has 0 aliphatic carbocycles. The summed E-state index contributed by atoms with van der Waals surface area (Å²) in [5.74, 6) is 0.638. The molecule has 0 aliphatic heterocycles. The number of nitrogens with zero attached hydrogens (tertiary/aromatic N) is 1. The van der Waals surface area contributed by atoms with Gasteiger partial charge in [-0.2, -0.15) is 5.26 Å². The molecule has 1 rings (SSSR count). The van der Waals surface area contributed by atoms with E-state index in [1.54, 1.807) is 7.11 Å². The van der Waals surface area contributed by atoms with Crippen molar-refractivity contribution >= 4 is 5.91 Å². The lowest BCUT2D eigenvalue weighted by Crippen LogP contribution is -2.39. The third-order valence-electron chi connectivity index (χ3n) is 2.63. The molecule has 0 spiro atoms. The molecule has 1 aromatic rings. The topological polar surface area (TPSA) is 74.2 Å². The van der Waals surface area contributed by atoms with Crippen molar-refractivity contribution in [3.05, 3.63) is 29.8 Å². The van der Waals surface area contributed by atoms with Gasteiger partial charge >= 0.3 is 0 Å². The Balaban J connectivity index is 2.63. The van der Waals surface area contributed by atoms with Gasteiger partial charge in [0.05, 0.1) is 13.2 Å². The quantitative estimate of drug-likeness (QED) is 0.811. The largest absolute Gasteiger partial charge is 0.497 e. The number of ether oxygens (including phenoxy) is 1. The van der Waals surface area contributed by atoms with Gasteiger partial charge < -0.3 is 10.1 Å². The van der Waals surface area contributed by atoms with Gasteiger partial charge in [-0.1, -0.05) is 12.1 Å². The lowest BCUT2D eigenvalue weighted by molar-refractivity contribution is -0.119. The van der Waals surface area contributed by atoms with E-state index in [-0.39, 0.29) is 11.9 Å². The lowest BCUT2D eigenvalue weighted by atomic mass is 10.1. The van der Waals surface area contributed by atoms with Crippen LogP contribution in [-0.4, -0.2) is 25.6 Å². The molecule has 0 radical (unpaired) electrons. The standard InChI is InChI=1S/C14H19N3O2/c1-10(17-11(2)18)9-16-14(8-15)12-5-4-6-13(7-12)19-3/h4-7,10,14,16H,9H2,1-3H3,(H,17,18). The Morgan fingerprint density at radius 2 is 2.26 bits per heavy atom. The fraction of sp³-hybridized carbons (Fsp3) is 0.429. The van der Waals surface area contributed by atoms with Gasteiger partial charge in [-0.15, -0.1) is 0 Å². The Morgan fingerprint density at radius 3 is 2.84 bits per heavy atom. The highest BCUT2D eigenvalue weighted by atomic mass is 16.5. The van der Waals surface area contributed by atoms with Crippen molar-refractivity contribution < 1.29 is 9.53 Å². The number of carbonyl (C=O) groups is 1. The summed E-state index contributed by atoms with van der Waals surface area (Å²) in [6.07, 6.45) is 0. The summed E-state index contributed by atoms with van der Waals surface area (Å²) in [6.45, 7) is 3.88. The molecule has 1 aromatic carbocycles. The summed E-state index contributed by atoms with van der Waals surface area (Å²) in [5, 5.41) is 15.1. The second-order valence-electron chi connectivity index (χ2n) is 4.35. The van der Waals surface area contributed by atoms with Crippen LogP contribution in [0.4, 0.5) is 0 Å². The Bertz CT molecular complexity index is 468. The van der Waals surface area contributed by atoms with Crippen LogP contribution in [0.15, 0.2) is 24.3 Å². The normalized spacial score (nSPS) is 13.2. The first kappa shape index (κ1) is 15.0. The first-order chi connectivity index (χ1) is 9.06. The Hall–Kier alpha value is -2.06. The van der Waals surface area contributed by atoms with Crippen LogP contribution in [0.2, 0.25) is 0 Å². The molecule has 2 unspecified atom stereocenters. The highest BCUT2D eigenvalue weighted by Gasteiger charge is 2.12. The number of hydrogen-bond donors (Lipinski definition) is 2. The maximum Gasteiger partial charge on any atom is 0.217 e. The van der Waals surface area contributed by atoms with E-state index in [2.05, 4.69) is 16.7 Å². The van der Waals surface area contributed by atoms with Crippen LogP contribution in [-0.2, 0) is 4.79 Å². The molecule has 2 N–H and O–H groups in total. The average Bonchev–Trinajstić information content (AvgIpc) is 2.39. The number of amides is 1. The zero-order valence-electron chi connectivity index (χ0n) is 11.4. The molecule has 5 heteroatoms. The summed E-state index contributed by atoms with van der Waals surface area (Å²) in [6, 6.07) is 9.11. The molecular weight excluding hydrogens is 242 g/mol. The van der Waals surface area contributed by atoms with E-state index in [1.807, 2.05) is 31.2 Å². The number of nitriles is 1. The molecule has 0 bridgehead atoms. The second kappa shape index (κ2) is 7.39. The van der Waals surface area contributed by atoms with Crippen LogP contribution < -0.4 is 15.4 Å². The molecule has 5 nitrogen and oxygen atoms in total. The predicted octanol–water partition coefficient (Wildman–Crippen LogP) is 1.37. The maximum absolute atomic E-state index is 10.9. The molecule has 102 valence electrons. The van der Waals surface area contributed by atoms with E-state index < -0.39 is 6.04 Å². The molecule has 0 aromatic heterocycles. The van der Waals surface area contributed by atoms with Crippen LogP contribution in [0.25, 0.3) is 0 Å². The van der Waals surface area contributed by atoms with Gasteiger partial charge in [0.25, 0.3) is 0 Å². The molecule has 1 amide bonds. The van der Waals surface area contributed by atoms with E-state index in [9.17, 15) is 10.1 Å². The number of hydrogen-bond acceptors (Lipinski definition) is 4. The number of rotatable bonds is 6. The van der Waals surface area contributed by atoms with E-state index in [0.717, 1.165) is 11.3 Å². The SMILES string of the molecule is COc1cccc(C(C#N)NCC(C)NC(C)=O)c1. The molecule has 0 saturated carbocycles. The van der Waals surface area contributed by atoms with Crippen LogP contribution in [0, 0.1) is 11.3 Å². The monoisotopic (exact) mass is 261 g/mol. The first-order valence-corrected chi connectivity index (χ1v) is 6.11. The highest BCUT2D eigenvalue weighted by Crippen LogP contribution is 2.18. The molecule has 0 aliphatic rings. The van der Waals surface area contributed by atoms with Gasteiger partial charge in [0.15, 0.2) is 0 Å². The fourth-order valence-corrected chi connectivity index (χ4v) is 1.75. The summed E-state index contributed by atoms with van der Waals surface area (Å²) >= 11 is 0. The van der Waals surface area contributed by atoms with E-state index in [4.69, 9.17) is 4.74 Å². The molecular formula is C14H19N3O2. The average molecular weight is 261 g/mol. The van der Waals surface area contributed by atoms with Gasteiger partial charge in [0.2, 0.25) is 5.91 Å².